The van der Waals surface area contributed by atoms with Crippen molar-refractivity contribution in [2.24, 2.45) is 0 Å². The van der Waals surface area contributed by atoms with Crippen LogP contribution in [0.4, 0.5) is 0 Å². The second-order valence-corrected chi connectivity index (χ2v) is 3.67. The summed E-state index contributed by atoms with van der Waals surface area (Å²) in [6, 6.07) is 8.49. The van der Waals surface area contributed by atoms with Crippen molar-refractivity contribution in [3.8, 4) is 16.9 Å². The molecule has 0 fully saturated rings. The number of aromatic nitrogens is 1. The number of hydrogen-bond acceptors (Lipinski definition) is 3. The second-order valence-electron chi connectivity index (χ2n) is 3.67. The van der Waals surface area contributed by atoms with Crippen molar-refractivity contribution in [2.45, 2.75) is 0 Å². The molecule has 0 atom stereocenters. The lowest BCUT2D eigenvalue weighted by Gasteiger charge is -2.05. The summed E-state index contributed by atoms with van der Waals surface area (Å²) in [7, 11) is 1.55. The molecule has 5 nitrogen and oxygen atoms in total. The van der Waals surface area contributed by atoms with E-state index in [2.05, 4.69) is 4.98 Å². The van der Waals surface area contributed by atoms with Crippen molar-refractivity contribution in [2.75, 3.05) is 7.11 Å². The third kappa shape index (κ3) is 2.24. The van der Waals surface area contributed by atoms with Crippen molar-refractivity contribution in [1.29, 1.82) is 0 Å². The number of aromatic amines is 1. The summed E-state index contributed by atoms with van der Waals surface area (Å²) in [5.74, 6) is -0.587. The van der Waals surface area contributed by atoms with Gasteiger partial charge in [0.05, 0.1) is 7.11 Å². The minimum absolute atomic E-state index is 0.282. The predicted octanol–water partition coefficient (Wildman–Crippen LogP) is 1.75. The van der Waals surface area contributed by atoms with Crippen LogP contribution in [0.5, 0.6) is 5.75 Å². The Kier molecular flexibility index (Phi) is 3.14. The Morgan fingerprint density at radius 2 is 2.06 bits per heavy atom. The van der Waals surface area contributed by atoms with Crippen LogP contribution in [0.3, 0.4) is 0 Å². The standard InChI is InChI=1S/C13H11NO4/c1-18-10-4-2-3-8(5-10)9-6-11(13(16)17)12(15)14-7-9/h2-7H,1H3,(H,14,15)(H,16,17). The molecule has 0 unspecified atom stereocenters. The first-order chi connectivity index (χ1) is 8.61. The van der Waals surface area contributed by atoms with Crippen molar-refractivity contribution in [3.63, 3.8) is 0 Å². The highest BCUT2D eigenvalue weighted by molar-refractivity contribution is 5.88. The molecule has 2 rings (SSSR count). The fourth-order valence-corrected chi connectivity index (χ4v) is 1.61. The Balaban J connectivity index is 2.54. The highest BCUT2D eigenvalue weighted by Crippen LogP contribution is 2.22. The third-order valence-corrected chi connectivity index (χ3v) is 2.54. The van der Waals surface area contributed by atoms with Gasteiger partial charge in [-0.15, -0.1) is 0 Å². The predicted molar refractivity (Wildman–Crippen MR) is 66.0 cm³/mol. The molecule has 0 aliphatic heterocycles. The van der Waals surface area contributed by atoms with Gasteiger partial charge in [0.2, 0.25) is 0 Å². The molecule has 0 aliphatic carbocycles. The number of pyridine rings is 1. The van der Waals surface area contributed by atoms with Gasteiger partial charge in [0.15, 0.2) is 0 Å². The SMILES string of the molecule is COc1cccc(-c2c[nH]c(=O)c(C(=O)O)c2)c1. The number of carboxylic acids is 1. The minimum atomic E-state index is -1.25. The maximum absolute atomic E-state index is 11.3. The van der Waals surface area contributed by atoms with Gasteiger partial charge in [-0.05, 0) is 29.3 Å². The Morgan fingerprint density at radius 3 is 2.72 bits per heavy atom. The zero-order valence-corrected chi connectivity index (χ0v) is 9.64. The van der Waals surface area contributed by atoms with Crippen molar-refractivity contribution in [1.82, 2.24) is 4.98 Å². The number of carbonyl (C=O) groups is 1. The van der Waals surface area contributed by atoms with Gasteiger partial charge in [0, 0.05) is 6.20 Å². The molecule has 1 aromatic carbocycles. The van der Waals surface area contributed by atoms with E-state index in [4.69, 9.17) is 9.84 Å². The van der Waals surface area contributed by atoms with Crippen LogP contribution in [0.1, 0.15) is 10.4 Å². The van der Waals surface area contributed by atoms with Crippen LogP contribution >= 0.6 is 0 Å². The molecule has 92 valence electrons. The van der Waals surface area contributed by atoms with E-state index in [-0.39, 0.29) is 5.56 Å². The van der Waals surface area contributed by atoms with Crippen LogP contribution in [0.2, 0.25) is 0 Å². The zero-order chi connectivity index (χ0) is 13.1. The lowest BCUT2D eigenvalue weighted by Crippen LogP contribution is -2.16. The number of benzene rings is 1. The number of hydrogen-bond donors (Lipinski definition) is 2. The van der Waals surface area contributed by atoms with Gasteiger partial charge in [0.1, 0.15) is 11.3 Å². The fraction of sp³-hybridized carbons (Fsp3) is 0.0769. The number of aromatic carboxylic acids is 1. The van der Waals surface area contributed by atoms with Gasteiger partial charge >= 0.3 is 5.97 Å². The molecule has 0 bridgehead atoms. The highest BCUT2D eigenvalue weighted by Gasteiger charge is 2.10. The van der Waals surface area contributed by atoms with Crippen molar-refractivity contribution < 1.29 is 14.6 Å². The Morgan fingerprint density at radius 1 is 1.28 bits per heavy atom. The first-order valence-electron chi connectivity index (χ1n) is 5.22. The summed E-state index contributed by atoms with van der Waals surface area (Å²) < 4.78 is 5.09. The van der Waals surface area contributed by atoms with Crippen LogP contribution in [0.25, 0.3) is 11.1 Å². The van der Waals surface area contributed by atoms with Gasteiger partial charge in [-0.25, -0.2) is 4.79 Å². The maximum Gasteiger partial charge on any atom is 0.341 e. The molecule has 18 heavy (non-hydrogen) atoms. The first kappa shape index (κ1) is 11.9. The van der Waals surface area contributed by atoms with Gasteiger partial charge in [0.25, 0.3) is 5.56 Å². The summed E-state index contributed by atoms with van der Waals surface area (Å²) in [6.45, 7) is 0. The van der Waals surface area contributed by atoms with Crippen LogP contribution in [0.15, 0.2) is 41.3 Å². The number of rotatable bonds is 3. The first-order valence-corrected chi connectivity index (χ1v) is 5.22. The van der Waals surface area contributed by atoms with Crippen molar-refractivity contribution >= 4 is 5.97 Å². The maximum atomic E-state index is 11.3. The molecule has 2 N–H and O–H groups in total. The number of nitrogens with one attached hydrogen (secondary N) is 1. The lowest BCUT2D eigenvalue weighted by atomic mass is 10.1. The lowest BCUT2D eigenvalue weighted by molar-refractivity contribution is 0.0695. The molecule has 0 spiro atoms. The van der Waals surface area contributed by atoms with E-state index in [1.54, 1.807) is 25.3 Å². The van der Waals surface area contributed by atoms with Gasteiger partial charge in [-0.2, -0.15) is 0 Å². The summed E-state index contributed by atoms with van der Waals surface area (Å²) >= 11 is 0. The minimum Gasteiger partial charge on any atom is -0.497 e. The van der Waals surface area contributed by atoms with Crippen molar-refractivity contribution in [3.05, 3.63) is 52.4 Å². The van der Waals surface area contributed by atoms with Crippen LogP contribution in [-0.2, 0) is 0 Å². The number of methoxy groups -OCH3 is 1. The summed E-state index contributed by atoms with van der Waals surface area (Å²) in [4.78, 5) is 24.6. The van der Waals surface area contributed by atoms with Crippen LogP contribution in [-0.4, -0.2) is 23.2 Å². The zero-order valence-electron chi connectivity index (χ0n) is 9.64. The smallest absolute Gasteiger partial charge is 0.341 e. The summed E-state index contributed by atoms with van der Waals surface area (Å²) in [5, 5.41) is 8.89. The number of H-pyrrole nitrogens is 1. The van der Waals surface area contributed by atoms with E-state index >= 15 is 0 Å². The molecule has 0 saturated carbocycles. The monoisotopic (exact) mass is 245 g/mol. The topological polar surface area (TPSA) is 79.4 Å². The average molecular weight is 245 g/mol. The van der Waals surface area contributed by atoms with E-state index in [0.717, 1.165) is 5.56 Å². The number of carboxylic acid groups (broad SMARTS) is 1. The normalized spacial score (nSPS) is 10.1. The van der Waals surface area contributed by atoms with Crippen LogP contribution < -0.4 is 10.3 Å². The molecule has 5 heteroatoms. The van der Waals surface area contributed by atoms with E-state index in [9.17, 15) is 9.59 Å². The molecule has 0 aliphatic rings. The molecule has 0 amide bonds. The average Bonchev–Trinajstić information content (AvgIpc) is 2.39. The Bertz CT molecular complexity index is 645. The molecule has 1 aromatic heterocycles. The summed E-state index contributed by atoms with van der Waals surface area (Å²) in [5.41, 5.74) is 0.489. The molecule has 0 saturated heterocycles. The molecule has 0 radical (unpaired) electrons. The third-order valence-electron chi connectivity index (χ3n) is 2.54. The van der Waals surface area contributed by atoms with Gasteiger partial charge in [-0.1, -0.05) is 12.1 Å². The fourth-order valence-electron chi connectivity index (χ4n) is 1.61. The van der Waals surface area contributed by atoms with Gasteiger partial charge in [-0.3, -0.25) is 4.79 Å². The number of ether oxygens (including phenoxy) is 1. The molecule has 1 heterocycles. The van der Waals surface area contributed by atoms with Crippen LogP contribution in [0, 0.1) is 0 Å². The molecule has 2 aromatic rings. The largest absolute Gasteiger partial charge is 0.497 e. The Hall–Kier alpha value is -2.56. The summed E-state index contributed by atoms with van der Waals surface area (Å²) in [6.07, 6.45) is 1.48. The quantitative estimate of drug-likeness (QED) is 0.863. The molecular formula is C13H11NO4. The van der Waals surface area contributed by atoms with Gasteiger partial charge < -0.3 is 14.8 Å². The van der Waals surface area contributed by atoms with E-state index in [1.807, 2.05) is 6.07 Å². The van der Waals surface area contributed by atoms with E-state index in [1.165, 1.54) is 12.3 Å². The Labute approximate surface area is 103 Å². The molecular weight excluding hydrogens is 234 g/mol. The van der Waals surface area contributed by atoms with E-state index < -0.39 is 11.5 Å². The van der Waals surface area contributed by atoms with E-state index in [0.29, 0.717) is 11.3 Å². The second kappa shape index (κ2) is 4.75. The highest BCUT2D eigenvalue weighted by atomic mass is 16.5.